The van der Waals surface area contributed by atoms with E-state index in [2.05, 4.69) is 21.4 Å². The predicted octanol–water partition coefficient (Wildman–Crippen LogP) is 3.32. The van der Waals surface area contributed by atoms with E-state index >= 15 is 0 Å². The summed E-state index contributed by atoms with van der Waals surface area (Å²) in [6.45, 7) is 2.97. The first kappa shape index (κ1) is 16.3. The molecule has 2 aromatic carbocycles. The Balaban J connectivity index is 1.51. The maximum Gasteiger partial charge on any atom is 0.245 e. The molecular weight excluding hydrogens is 331 g/mol. The van der Waals surface area contributed by atoms with Crippen LogP contribution in [0.5, 0.6) is 0 Å². The van der Waals surface area contributed by atoms with Crippen molar-refractivity contribution in [3.05, 3.63) is 71.7 Å². The summed E-state index contributed by atoms with van der Waals surface area (Å²) in [6.07, 6.45) is 0.954. The van der Waals surface area contributed by atoms with Crippen LogP contribution in [-0.4, -0.2) is 28.8 Å². The van der Waals surface area contributed by atoms with E-state index in [4.69, 9.17) is 0 Å². The van der Waals surface area contributed by atoms with Gasteiger partial charge in [-0.25, -0.2) is 9.07 Å². The molecule has 6 heteroatoms. The third kappa shape index (κ3) is 3.18. The number of hydrogen-bond acceptors (Lipinski definition) is 3. The van der Waals surface area contributed by atoms with Gasteiger partial charge in [-0.3, -0.25) is 4.79 Å². The first-order valence-electron chi connectivity index (χ1n) is 8.55. The summed E-state index contributed by atoms with van der Waals surface area (Å²) in [5, 5.41) is 7.33. The second-order valence-electron chi connectivity index (χ2n) is 6.41. The van der Waals surface area contributed by atoms with Gasteiger partial charge in [0, 0.05) is 18.3 Å². The smallest absolute Gasteiger partial charge is 0.245 e. The third-order valence-corrected chi connectivity index (χ3v) is 4.49. The van der Waals surface area contributed by atoms with Gasteiger partial charge in [0.25, 0.3) is 0 Å². The zero-order valence-electron chi connectivity index (χ0n) is 14.4. The fraction of sp³-hybridized carbons (Fsp3) is 0.200. The lowest BCUT2D eigenvalue weighted by atomic mass is 10.2. The average Bonchev–Trinajstić information content (AvgIpc) is 3.19. The lowest BCUT2D eigenvalue weighted by Crippen LogP contribution is -2.32. The van der Waals surface area contributed by atoms with E-state index in [1.54, 1.807) is 22.9 Å². The Hall–Kier alpha value is -3.15. The van der Waals surface area contributed by atoms with Crippen molar-refractivity contribution in [3.63, 3.8) is 0 Å². The molecule has 5 nitrogen and oxygen atoms in total. The standard InChI is InChI=1S/C20H19FN4O/c1-14-12-19(25(23-14)17-8-6-16(21)7-9-17)22-20(26)13-24-11-10-15-4-2-3-5-18(15)24/h2-9,12H,10-11,13H2,1H3,(H,22,26). The fourth-order valence-corrected chi connectivity index (χ4v) is 3.29. The van der Waals surface area contributed by atoms with Crippen LogP contribution in [0, 0.1) is 12.7 Å². The summed E-state index contributed by atoms with van der Waals surface area (Å²) in [7, 11) is 0. The Morgan fingerprint density at radius 2 is 1.96 bits per heavy atom. The molecule has 4 rings (SSSR count). The van der Waals surface area contributed by atoms with Gasteiger partial charge in [-0.05, 0) is 49.2 Å². The minimum absolute atomic E-state index is 0.107. The van der Waals surface area contributed by atoms with Crippen molar-refractivity contribution < 1.29 is 9.18 Å². The van der Waals surface area contributed by atoms with Gasteiger partial charge < -0.3 is 10.2 Å². The van der Waals surface area contributed by atoms with Crippen molar-refractivity contribution in [1.82, 2.24) is 9.78 Å². The summed E-state index contributed by atoms with van der Waals surface area (Å²) in [6, 6.07) is 16.0. The average molecular weight is 350 g/mol. The Morgan fingerprint density at radius 3 is 2.77 bits per heavy atom. The summed E-state index contributed by atoms with van der Waals surface area (Å²) in [5.41, 5.74) is 3.86. The number of aryl methyl sites for hydroxylation is 1. The number of rotatable bonds is 4. The number of amides is 1. The minimum atomic E-state index is -0.309. The van der Waals surface area contributed by atoms with Crippen molar-refractivity contribution in [2.24, 2.45) is 0 Å². The van der Waals surface area contributed by atoms with Crippen molar-refractivity contribution in [3.8, 4) is 5.69 Å². The van der Waals surface area contributed by atoms with Gasteiger partial charge in [0.1, 0.15) is 11.6 Å². The number of carbonyl (C=O) groups is 1. The lowest BCUT2D eigenvalue weighted by Gasteiger charge is -2.19. The number of fused-ring (bicyclic) bond motifs is 1. The number of carbonyl (C=O) groups excluding carboxylic acids is 1. The number of hydrogen-bond donors (Lipinski definition) is 1. The van der Waals surface area contributed by atoms with Crippen molar-refractivity contribution in [2.75, 3.05) is 23.3 Å². The second kappa shape index (κ2) is 6.63. The number of nitrogens with one attached hydrogen (secondary N) is 1. The van der Waals surface area contributed by atoms with E-state index < -0.39 is 0 Å². The van der Waals surface area contributed by atoms with Gasteiger partial charge in [-0.2, -0.15) is 5.10 Å². The first-order chi connectivity index (χ1) is 12.6. The highest BCUT2D eigenvalue weighted by atomic mass is 19.1. The predicted molar refractivity (Wildman–Crippen MR) is 99.2 cm³/mol. The topological polar surface area (TPSA) is 50.2 Å². The number of benzene rings is 2. The molecule has 2 heterocycles. The molecule has 0 spiro atoms. The third-order valence-electron chi connectivity index (χ3n) is 4.49. The largest absolute Gasteiger partial charge is 0.362 e. The zero-order valence-corrected chi connectivity index (χ0v) is 14.4. The van der Waals surface area contributed by atoms with E-state index in [0.29, 0.717) is 11.5 Å². The number of aromatic nitrogens is 2. The van der Waals surface area contributed by atoms with Crippen LogP contribution in [0.25, 0.3) is 5.69 Å². The molecule has 0 saturated carbocycles. The molecule has 26 heavy (non-hydrogen) atoms. The van der Waals surface area contributed by atoms with Crippen molar-refractivity contribution in [1.29, 1.82) is 0 Å². The molecule has 1 N–H and O–H groups in total. The van der Waals surface area contributed by atoms with Gasteiger partial charge in [0.15, 0.2) is 0 Å². The molecule has 0 bridgehead atoms. The molecule has 3 aromatic rings. The van der Waals surface area contributed by atoms with Gasteiger partial charge in [-0.1, -0.05) is 18.2 Å². The molecule has 1 amide bonds. The summed E-state index contributed by atoms with van der Waals surface area (Å²) in [5.74, 6) is 0.160. The second-order valence-corrected chi connectivity index (χ2v) is 6.41. The van der Waals surface area contributed by atoms with Crippen LogP contribution in [0.3, 0.4) is 0 Å². The Kier molecular flexibility index (Phi) is 4.16. The summed E-state index contributed by atoms with van der Waals surface area (Å²) in [4.78, 5) is 14.7. The lowest BCUT2D eigenvalue weighted by molar-refractivity contribution is -0.115. The maximum absolute atomic E-state index is 13.2. The Morgan fingerprint density at radius 1 is 1.19 bits per heavy atom. The highest BCUT2D eigenvalue weighted by molar-refractivity contribution is 5.94. The van der Waals surface area contributed by atoms with Crippen LogP contribution >= 0.6 is 0 Å². The molecule has 0 unspecified atom stereocenters. The summed E-state index contributed by atoms with van der Waals surface area (Å²) >= 11 is 0. The van der Waals surface area contributed by atoms with E-state index in [1.165, 1.54) is 17.7 Å². The Bertz CT molecular complexity index is 949. The molecule has 0 fully saturated rings. The SMILES string of the molecule is Cc1cc(NC(=O)CN2CCc3ccccc32)n(-c2ccc(F)cc2)n1. The van der Waals surface area contributed by atoms with E-state index in [0.717, 1.165) is 24.3 Å². The summed E-state index contributed by atoms with van der Waals surface area (Å²) < 4.78 is 14.8. The fourth-order valence-electron chi connectivity index (χ4n) is 3.29. The zero-order chi connectivity index (χ0) is 18.1. The molecule has 0 radical (unpaired) electrons. The molecule has 0 saturated heterocycles. The molecule has 0 atom stereocenters. The van der Waals surface area contributed by atoms with Gasteiger partial charge in [0.2, 0.25) is 5.91 Å². The number of nitrogens with zero attached hydrogens (tertiary/aromatic N) is 3. The van der Waals surface area contributed by atoms with Gasteiger partial charge >= 0.3 is 0 Å². The Labute approximate surface area is 151 Å². The quantitative estimate of drug-likeness (QED) is 0.785. The molecule has 0 aliphatic carbocycles. The number of para-hydroxylation sites is 1. The van der Waals surface area contributed by atoms with Crippen LogP contribution in [0.2, 0.25) is 0 Å². The number of halogens is 1. The van der Waals surface area contributed by atoms with Gasteiger partial charge in [0.05, 0.1) is 17.9 Å². The van der Waals surface area contributed by atoms with Crippen LogP contribution in [0.1, 0.15) is 11.3 Å². The molecule has 1 aliphatic rings. The van der Waals surface area contributed by atoms with E-state index in [-0.39, 0.29) is 18.3 Å². The highest BCUT2D eigenvalue weighted by Gasteiger charge is 2.21. The minimum Gasteiger partial charge on any atom is -0.362 e. The monoisotopic (exact) mass is 350 g/mol. The molecule has 1 aliphatic heterocycles. The number of anilines is 2. The van der Waals surface area contributed by atoms with Crippen LogP contribution < -0.4 is 10.2 Å². The van der Waals surface area contributed by atoms with Gasteiger partial charge in [-0.15, -0.1) is 0 Å². The van der Waals surface area contributed by atoms with Crippen LogP contribution in [-0.2, 0) is 11.2 Å². The molecule has 1 aromatic heterocycles. The van der Waals surface area contributed by atoms with Crippen LogP contribution in [0.15, 0.2) is 54.6 Å². The molecule has 132 valence electrons. The van der Waals surface area contributed by atoms with E-state index in [1.807, 2.05) is 25.1 Å². The highest BCUT2D eigenvalue weighted by Crippen LogP contribution is 2.27. The normalized spacial score (nSPS) is 12.9. The van der Waals surface area contributed by atoms with E-state index in [9.17, 15) is 9.18 Å². The van der Waals surface area contributed by atoms with Crippen LogP contribution in [0.4, 0.5) is 15.9 Å². The first-order valence-corrected chi connectivity index (χ1v) is 8.55. The maximum atomic E-state index is 13.2. The molecular formula is C20H19FN4O. The van der Waals surface area contributed by atoms with Crippen molar-refractivity contribution >= 4 is 17.4 Å². The van der Waals surface area contributed by atoms with Crippen molar-refractivity contribution in [2.45, 2.75) is 13.3 Å².